The second-order valence-corrected chi connectivity index (χ2v) is 6.72. The Labute approximate surface area is 182 Å². The maximum atomic E-state index is 11.8. The van der Waals surface area contributed by atoms with Crippen LogP contribution < -0.4 is 19.5 Å². The van der Waals surface area contributed by atoms with E-state index in [1.54, 1.807) is 35.4 Å². The predicted octanol–water partition coefficient (Wildman–Crippen LogP) is 2.97. The Kier molecular flexibility index (Phi) is 5.46. The summed E-state index contributed by atoms with van der Waals surface area (Å²) in [5.74, 6) is 1.72. The van der Waals surface area contributed by atoms with Crippen LogP contribution >= 0.6 is 0 Å². The first-order chi connectivity index (χ1) is 15.4. The van der Waals surface area contributed by atoms with Crippen molar-refractivity contribution in [1.29, 1.82) is 0 Å². The van der Waals surface area contributed by atoms with E-state index in [2.05, 4.69) is 15.3 Å². The Balaban J connectivity index is 1.81. The van der Waals surface area contributed by atoms with E-state index in [1.807, 2.05) is 0 Å². The number of methoxy groups -OCH3 is 3. The first-order valence-electron chi connectivity index (χ1n) is 9.39. The maximum absolute atomic E-state index is 11.8. The predicted molar refractivity (Wildman–Crippen MR) is 115 cm³/mol. The van der Waals surface area contributed by atoms with Crippen LogP contribution in [0.15, 0.2) is 52.6 Å². The minimum absolute atomic E-state index is 0.0409. The zero-order valence-corrected chi connectivity index (χ0v) is 17.4. The van der Waals surface area contributed by atoms with Crippen LogP contribution in [0.1, 0.15) is 11.1 Å². The fourth-order valence-electron chi connectivity index (χ4n) is 3.45. The quantitative estimate of drug-likeness (QED) is 0.482. The number of non-ortho nitro benzene ring substituents is 1. The third kappa shape index (κ3) is 3.71. The van der Waals surface area contributed by atoms with Crippen LogP contribution in [-0.2, 0) is 6.54 Å². The van der Waals surface area contributed by atoms with Crippen molar-refractivity contribution in [3.05, 3.63) is 63.8 Å². The second-order valence-electron chi connectivity index (χ2n) is 6.72. The summed E-state index contributed by atoms with van der Waals surface area (Å²) in [5.41, 5.74) is 1.82. The van der Waals surface area contributed by atoms with Gasteiger partial charge in [0.1, 0.15) is 0 Å². The van der Waals surface area contributed by atoms with Gasteiger partial charge >= 0.3 is 6.03 Å². The molecule has 32 heavy (non-hydrogen) atoms. The van der Waals surface area contributed by atoms with Crippen LogP contribution in [0.5, 0.6) is 17.2 Å². The molecule has 2 amide bonds. The molecule has 0 bridgehead atoms. The van der Waals surface area contributed by atoms with Gasteiger partial charge in [0.15, 0.2) is 17.3 Å². The number of amidine groups is 2. The highest BCUT2D eigenvalue weighted by molar-refractivity contribution is 6.49. The number of rotatable bonds is 7. The molecule has 0 saturated carbocycles. The van der Waals surface area contributed by atoms with Crippen molar-refractivity contribution in [2.24, 2.45) is 9.98 Å². The standard InChI is InChI=1S/C21H18N5O6/c1-30-16-8-13(9-17(31-2)18(16)32-3)15-10-22-19-20(24-21(27)23-19)25(15)11-12-5-4-6-14(7-12)26(28)29/h4-10H,11H2,1-3H3. The number of carbonyl (C=O) groups excluding carboxylic acids is 1. The average Bonchev–Trinajstić information content (AvgIpc) is 3.19. The van der Waals surface area contributed by atoms with E-state index in [0.29, 0.717) is 34.1 Å². The van der Waals surface area contributed by atoms with Gasteiger partial charge in [0, 0.05) is 17.7 Å². The lowest BCUT2D eigenvalue weighted by atomic mass is 10.1. The molecule has 2 aromatic rings. The molecule has 2 aromatic carbocycles. The molecular formula is C21H18N5O6. The molecule has 2 aliphatic heterocycles. The molecule has 163 valence electrons. The lowest BCUT2D eigenvalue weighted by Crippen LogP contribution is -2.37. The first kappa shape index (κ1) is 20.8. The highest BCUT2D eigenvalue weighted by atomic mass is 16.6. The molecule has 0 fully saturated rings. The summed E-state index contributed by atoms with van der Waals surface area (Å²) in [7, 11) is 4.52. The normalized spacial score (nSPS) is 14.7. The number of nitro groups is 1. The molecule has 0 aliphatic carbocycles. The van der Waals surface area contributed by atoms with Crippen LogP contribution in [-0.4, -0.2) is 48.9 Å². The summed E-state index contributed by atoms with van der Waals surface area (Å²) >= 11 is 0. The Morgan fingerprint density at radius 2 is 1.78 bits per heavy atom. The number of hydrogen-bond acceptors (Lipinski definition) is 8. The van der Waals surface area contributed by atoms with Gasteiger partial charge < -0.3 is 19.1 Å². The van der Waals surface area contributed by atoms with Gasteiger partial charge in [-0.25, -0.2) is 9.79 Å². The van der Waals surface area contributed by atoms with Gasteiger partial charge in [-0.2, -0.15) is 10.3 Å². The molecule has 11 nitrogen and oxygen atoms in total. The van der Waals surface area contributed by atoms with Gasteiger partial charge in [0.05, 0.1) is 44.7 Å². The van der Waals surface area contributed by atoms with Crippen molar-refractivity contribution in [1.82, 2.24) is 10.2 Å². The molecule has 2 heterocycles. The molecule has 0 N–H and O–H groups in total. The van der Waals surface area contributed by atoms with Gasteiger partial charge in [-0.1, -0.05) is 12.1 Å². The van der Waals surface area contributed by atoms with E-state index >= 15 is 0 Å². The summed E-state index contributed by atoms with van der Waals surface area (Å²) in [5, 5.41) is 15.0. The number of fused-ring (bicyclic) bond motifs is 1. The summed E-state index contributed by atoms with van der Waals surface area (Å²) in [6.07, 6.45) is 1.55. The minimum Gasteiger partial charge on any atom is -0.493 e. The van der Waals surface area contributed by atoms with Crippen molar-refractivity contribution in [2.45, 2.75) is 6.54 Å². The summed E-state index contributed by atoms with van der Waals surface area (Å²) in [6.45, 7) is 0.185. The number of nitrogens with zero attached hydrogens (tertiary/aromatic N) is 5. The summed E-state index contributed by atoms with van der Waals surface area (Å²) in [6, 6.07) is 9.04. The molecule has 0 aromatic heterocycles. The van der Waals surface area contributed by atoms with Gasteiger partial charge in [-0.05, 0) is 17.7 Å². The van der Waals surface area contributed by atoms with E-state index in [9.17, 15) is 14.9 Å². The monoisotopic (exact) mass is 436 g/mol. The average molecular weight is 436 g/mol. The van der Waals surface area contributed by atoms with Crippen LogP contribution in [0.3, 0.4) is 0 Å². The third-order valence-electron chi connectivity index (χ3n) is 4.88. The Morgan fingerprint density at radius 3 is 2.41 bits per heavy atom. The van der Waals surface area contributed by atoms with E-state index in [0.717, 1.165) is 0 Å². The summed E-state index contributed by atoms with van der Waals surface area (Å²) < 4.78 is 16.3. The second kappa shape index (κ2) is 8.38. The molecule has 0 spiro atoms. The van der Waals surface area contributed by atoms with E-state index in [-0.39, 0.29) is 23.9 Å². The Morgan fingerprint density at radius 1 is 1.06 bits per heavy atom. The fraction of sp³-hybridized carbons (Fsp3) is 0.190. The lowest BCUT2D eigenvalue weighted by molar-refractivity contribution is -0.384. The molecular weight excluding hydrogens is 418 g/mol. The van der Waals surface area contributed by atoms with Crippen LogP contribution in [0.2, 0.25) is 0 Å². The van der Waals surface area contributed by atoms with Gasteiger partial charge in [-0.3, -0.25) is 10.1 Å². The van der Waals surface area contributed by atoms with Crippen molar-refractivity contribution in [2.75, 3.05) is 21.3 Å². The molecule has 2 aliphatic rings. The number of amides is 2. The molecule has 0 atom stereocenters. The number of benzene rings is 2. The molecule has 11 heteroatoms. The van der Waals surface area contributed by atoms with Crippen LogP contribution in [0, 0.1) is 10.1 Å². The number of hydrogen-bond donors (Lipinski definition) is 0. The first-order valence-corrected chi connectivity index (χ1v) is 9.39. The zero-order valence-electron chi connectivity index (χ0n) is 17.4. The van der Waals surface area contributed by atoms with Crippen LogP contribution in [0.25, 0.3) is 5.70 Å². The lowest BCUT2D eigenvalue weighted by Gasteiger charge is -2.29. The van der Waals surface area contributed by atoms with Crippen molar-refractivity contribution < 1.29 is 23.9 Å². The van der Waals surface area contributed by atoms with E-state index < -0.39 is 11.0 Å². The van der Waals surface area contributed by atoms with Gasteiger partial charge in [0.25, 0.3) is 5.69 Å². The largest absolute Gasteiger partial charge is 0.493 e. The number of urea groups is 1. The maximum Gasteiger partial charge on any atom is 0.371 e. The SMILES string of the molecule is COc1cc(C2=CN=C3[N]C(=O)N=C3N2Cc2cccc([N+](=O)[O-])c2)cc(OC)c1OC. The van der Waals surface area contributed by atoms with Crippen molar-refractivity contribution in [3.63, 3.8) is 0 Å². The number of nitro benzene ring substituents is 1. The highest BCUT2D eigenvalue weighted by Gasteiger charge is 2.34. The van der Waals surface area contributed by atoms with Crippen LogP contribution in [0.4, 0.5) is 10.5 Å². The van der Waals surface area contributed by atoms with Crippen molar-refractivity contribution >= 4 is 29.1 Å². The molecule has 1 radical (unpaired) electrons. The third-order valence-corrected chi connectivity index (χ3v) is 4.88. The molecule has 4 rings (SSSR count). The Bertz CT molecular complexity index is 1180. The summed E-state index contributed by atoms with van der Waals surface area (Å²) in [4.78, 5) is 32.5. The topological polar surface area (TPSA) is 130 Å². The number of ether oxygens (including phenoxy) is 3. The fourth-order valence-corrected chi connectivity index (χ4v) is 3.45. The van der Waals surface area contributed by atoms with E-state index in [4.69, 9.17) is 14.2 Å². The number of aliphatic imine (C=N–C) groups is 2. The molecule has 0 unspecified atom stereocenters. The van der Waals surface area contributed by atoms with Gasteiger partial charge in [-0.15, -0.1) is 0 Å². The highest BCUT2D eigenvalue weighted by Crippen LogP contribution is 2.41. The van der Waals surface area contributed by atoms with Gasteiger partial charge in [0.2, 0.25) is 11.6 Å². The van der Waals surface area contributed by atoms with Crippen molar-refractivity contribution in [3.8, 4) is 17.2 Å². The Hall–Kier alpha value is -4.41. The van der Waals surface area contributed by atoms with E-state index in [1.165, 1.54) is 33.5 Å². The number of carbonyl (C=O) groups is 1. The zero-order chi connectivity index (χ0) is 22.8. The smallest absolute Gasteiger partial charge is 0.371 e. The molecule has 0 saturated heterocycles. The minimum atomic E-state index is -0.665.